The number of carboxylic acid groups (broad SMARTS) is 1. The van der Waals surface area contributed by atoms with Crippen LogP contribution in [0.3, 0.4) is 0 Å². The second kappa shape index (κ2) is 10.4. The van der Waals surface area contributed by atoms with Crippen LogP contribution in [-0.2, 0) is 11.3 Å². The maximum absolute atomic E-state index is 13.5. The monoisotopic (exact) mass is 628 g/mol. The third kappa shape index (κ3) is 4.99. The summed E-state index contributed by atoms with van der Waals surface area (Å²) in [5, 5.41) is 17.9. The Hall–Kier alpha value is -3.72. The van der Waals surface area contributed by atoms with Crippen molar-refractivity contribution in [1.29, 1.82) is 0 Å². The van der Waals surface area contributed by atoms with Gasteiger partial charge in [-0.3, -0.25) is 23.3 Å². The quantitative estimate of drug-likeness (QED) is 0.220. The van der Waals surface area contributed by atoms with Crippen molar-refractivity contribution in [3.63, 3.8) is 0 Å². The Morgan fingerprint density at radius 2 is 1.86 bits per heavy atom. The number of rotatable bonds is 7. The van der Waals surface area contributed by atoms with Crippen LogP contribution in [0.4, 0.5) is 8.78 Å². The molecule has 4 aromatic heterocycles. The molecule has 0 radical (unpaired) electrons. The van der Waals surface area contributed by atoms with E-state index in [4.69, 9.17) is 4.74 Å². The van der Waals surface area contributed by atoms with E-state index in [-0.39, 0.29) is 29.5 Å². The standard InChI is InChI=1S/C30H34F2N6O5S/c1-16-10-22-27(34-12-16)43-30(7-8-30)15-37(44(22,41)42)14-19-11-21(33-13-17(19)2)23(29(4,5)28(39)40)20-6-9-38-25(18(20)3)35-36-26(38)24(31)32/h6,9-13,23-24,41-42H,7-8,14-15H2,1-5H3,(H,39,40). The van der Waals surface area contributed by atoms with Crippen molar-refractivity contribution in [2.45, 2.75) is 76.8 Å². The molecule has 44 heavy (non-hydrogen) atoms. The lowest BCUT2D eigenvalue weighted by molar-refractivity contribution is -0.147. The van der Waals surface area contributed by atoms with E-state index in [0.29, 0.717) is 16.8 Å². The van der Waals surface area contributed by atoms with Gasteiger partial charge in [0.15, 0.2) is 5.65 Å². The molecule has 11 nitrogen and oxygen atoms in total. The number of carboxylic acids is 1. The van der Waals surface area contributed by atoms with E-state index in [0.717, 1.165) is 29.5 Å². The minimum absolute atomic E-state index is 0.127. The number of hydrogen-bond acceptors (Lipinski definition) is 9. The van der Waals surface area contributed by atoms with E-state index in [1.807, 2.05) is 13.8 Å². The first-order valence-electron chi connectivity index (χ1n) is 14.1. The Balaban J connectivity index is 1.45. The van der Waals surface area contributed by atoms with Crippen LogP contribution in [0.1, 0.15) is 78.4 Å². The van der Waals surface area contributed by atoms with Gasteiger partial charge in [0.25, 0.3) is 6.43 Å². The number of nitrogens with zero attached hydrogens (tertiary/aromatic N) is 6. The van der Waals surface area contributed by atoms with Crippen LogP contribution in [0.5, 0.6) is 5.88 Å². The van der Waals surface area contributed by atoms with Crippen molar-refractivity contribution in [3.05, 3.63) is 76.1 Å². The number of ether oxygens (including phenoxy) is 1. The molecule has 1 spiro atoms. The molecule has 2 aliphatic rings. The Kier molecular flexibility index (Phi) is 7.19. The summed E-state index contributed by atoms with van der Waals surface area (Å²) in [5.41, 5.74) is 2.00. The molecule has 1 atom stereocenters. The Morgan fingerprint density at radius 3 is 2.52 bits per heavy atom. The zero-order valence-electron chi connectivity index (χ0n) is 25.0. The summed E-state index contributed by atoms with van der Waals surface area (Å²) in [6.45, 7) is 8.94. The largest absolute Gasteiger partial charge is 0.481 e. The van der Waals surface area contributed by atoms with Crippen molar-refractivity contribution in [3.8, 4) is 5.88 Å². The fourth-order valence-electron chi connectivity index (χ4n) is 5.86. The molecule has 5 heterocycles. The van der Waals surface area contributed by atoms with E-state index < -0.39 is 45.9 Å². The van der Waals surface area contributed by atoms with Gasteiger partial charge >= 0.3 is 5.97 Å². The lowest BCUT2D eigenvalue weighted by Crippen LogP contribution is -2.36. The lowest BCUT2D eigenvalue weighted by atomic mass is 9.71. The number of hydrogen-bond donors (Lipinski definition) is 3. The van der Waals surface area contributed by atoms with Crippen LogP contribution in [0, 0.1) is 26.2 Å². The topological polar surface area (TPSA) is 146 Å². The lowest BCUT2D eigenvalue weighted by Gasteiger charge is -2.42. The number of alkyl halides is 2. The van der Waals surface area contributed by atoms with Crippen molar-refractivity contribution in [1.82, 2.24) is 28.9 Å². The number of aliphatic carboxylic acids is 1. The third-order valence-corrected chi connectivity index (χ3v) is 10.6. The number of aryl methyl sites for hydroxylation is 3. The average molecular weight is 629 g/mol. The highest BCUT2D eigenvalue weighted by Gasteiger charge is 2.52. The fourth-order valence-corrected chi connectivity index (χ4v) is 7.54. The van der Waals surface area contributed by atoms with Gasteiger partial charge in [0, 0.05) is 36.7 Å². The molecule has 1 unspecified atom stereocenters. The molecule has 4 aromatic rings. The molecule has 0 aromatic carbocycles. The Bertz CT molecular complexity index is 1790. The summed E-state index contributed by atoms with van der Waals surface area (Å²) in [6.07, 6.45) is 3.37. The maximum atomic E-state index is 13.5. The van der Waals surface area contributed by atoms with Crippen LogP contribution in [-0.4, -0.2) is 61.2 Å². The molecule has 0 amide bonds. The molecule has 6 rings (SSSR count). The number of aromatic nitrogens is 5. The first-order valence-corrected chi connectivity index (χ1v) is 15.6. The summed E-state index contributed by atoms with van der Waals surface area (Å²) in [7, 11) is -3.50. The minimum Gasteiger partial charge on any atom is -0.481 e. The normalized spacial score (nSPS) is 19.0. The predicted molar refractivity (Wildman–Crippen MR) is 158 cm³/mol. The number of halogens is 2. The van der Waals surface area contributed by atoms with E-state index in [1.54, 1.807) is 55.7 Å². The highest BCUT2D eigenvalue weighted by molar-refractivity contribution is 8.22. The van der Waals surface area contributed by atoms with Gasteiger partial charge in [-0.15, -0.1) is 21.0 Å². The second-order valence-electron chi connectivity index (χ2n) is 12.4. The zero-order valence-corrected chi connectivity index (χ0v) is 25.8. The van der Waals surface area contributed by atoms with Gasteiger partial charge in [-0.25, -0.2) is 13.8 Å². The smallest absolute Gasteiger partial charge is 0.310 e. The van der Waals surface area contributed by atoms with Crippen molar-refractivity contribution >= 4 is 22.4 Å². The Morgan fingerprint density at radius 1 is 1.14 bits per heavy atom. The van der Waals surface area contributed by atoms with E-state index in [1.165, 1.54) is 10.6 Å². The van der Waals surface area contributed by atoms with Gasteiger partial charge in [0.05, 0.1) is 12.0 Å². The van der Waals surface area contributed by atoms with Gasteiger partial charge in [-0.2, -0.15) is 4.31 Å². The number of fused-ring (bicyclic) bond motifs is 2. The molecular formula is C30H34F2N6O5S. The summed E-state index contributed by atoms with van der Waals surface area (Å²) in [4.78, 5) is 21.9. The molecule has 1 aliphatic heterocycles. The van der Waals surface area contributed by atoms with Gasteiger partial charge in [0.2, 0.25) is 11.7 Å². The SMILES string of the molecule is Cc1cnc2c(c1)S(O)(O)N(Cc1cc(C(c3ccn4c(C(F)F)nnc4c3C)C(C)(C)C(=O)O)ncc1C)CC1(CC1)O2. The number of pyridine rings is 3. The predicted octanol–water partition coefficient (Wildman–Crippen LogP) is 6.08. The third-order valence-electron chi connectivity index (χ3n) is 8.75. The molecule has 1 saturated carbocycles. The zero-order chi connectivity index (χ0) is 31.8. The van der Waals surface area contributed by atoms with Gasteiger partial charge in [-0.05, 0) is 93.5 Å². The van der Waals surface area contributed by atoms with Crippen LogP contribution >= 0.6 is 10.8 Å². The van der Waals surface area contributed by atoms with Crippen LogP contribution < -0.4 is 4.74 Å². The Labute approximate surface area is 254 Å². The van der Waals surface area contributed by atoms with E-state index in [9.17, 15) is 27.8 Å². The summed E-state index contributed by atoms with van der Waals surface area (Å²) in [6, 6.07) is 5.09. The van der Waals surface area contributed by atoms with Gasteiger partial charge in [0.1, 0.15) is 10.5 Å². The summed E-state index contributed by atoms with van der Waals surface area (Å²) < 4.78 is 59.3. The van der Waals surface area contributed by atoms with Crippen LogP contribution in [0.15, 0.2) is 41.7 Å². The van der Waals surface area contributed by atoms with Gasteiger partial charge in [-0.1, -0.05) is 0 Å². The minimum atomic E-state index is -3.50. The van der Waals surface area contributed by atoms with Crippen molar-refractivity contribution in [2.75, 3.05) is 6.54 Å². The van der Waals surface area contributed by atoms with Gasteiger partial charge < -0.3 is 9.84 Å². The fraction of sp³-hybridized carbons (Fsp3) is 0.433. The molecular weight excluding hydrogens is 594 g/mol. The average Bonchev–Trinajstić information content (AvgIpc) is 3.57. The highest BCUT2D eigenvalue weighted by Crippen LogP contribution is 2.61. The van der Waals surface area contributed by atoms with E-state index in [2.05, 4.69) is 20.2 Å². The highest BCUT2D eigenvalue weighted by atomic mass is 32.3. The molecule has 0 saturated heterocycles. The second-order valence-corrected chi connectivity index (χ2v) is 14.4. The molecule has 1 aliphatic carbocycles. The van der Waals surface area contributed by atoms with E-state index >= 15 is 0 Å². The molecule has 1 fully saturated rings. The van der Waals surface area contributed by atoms with Crippen molar-refractivity contribution in [2.24, 2.45) is 5.41 Å². The summed E-state index contributed by atoms with van der Waals surface area (Å²) >= 11 is 0. The maximum Gasteiger partial charge on any atom is 0.310 e. The first kappa shape index (κ1) is 30.3. The van der Waals surface area contributed by atoms with Crippen molar-refractivity contribution < 1.29 is 32.5 Å². The molecule has 234 valence electrons. The molecule has 3 N–H and O–H groups in total. The first-order chi connectivity index (χ1) is 20.6. The molecule has 0 bridgehead atoms. The summed E-state index contributed by atoms with van der Waals surface area (Å²) in [5.74, 6) is -2.17. The molecule has 14 heteroatoms. The van der Waals surface area contributed by atoms with Crippen LogP contribution in [0.25, 0.3) is 5.65 Å². The number of carbonyl (C=O) groups is 1. The van der Waals surface area contributed by atoms with Crippen LogP contribution in [0.2, 0.25) is 0 Å².